The summed E-state index contributed by atoms with van der Waals surface area (Å²) in [6, 6.07) is 0. The van der Waals surface area contributed by atoms with Gasteiger partial charge in [-0.3, -0.25) is 9.36 Å². The molecule has 1 unspecified atom stereocenters. The summed E-state index contributed by atoms with van der Waals surface area (Å²) in [4.78, 5) is 23.5. The van der Waals surface area contributed by atoms with Crippen molar-refractivity contribution in [1.29, 1.82) is 0 Å². The Hall–Kier alpha value is -1.40. The largest absolute Gasteiger partial charge is 0.377 e. The third-order valence-corrected chi connectivity index (χ3v) is 3.48. The number of aromatic nitrogens is 2. The summed E-state index contributed by atoms with van der Waals surface area (Å²) in [7, 11) is 3.15. The second-order valence-electron chi connectivity index (χ2n) is 5.03. The minimum Gasteiger partial charge on any atom is -0.377 e. The zero-order valence-electron chi connectivity index (χ0n) is 11.5. The zero-order chi connectivity index (χ0) is 13.8. The number of aryl methyl sites for hydroxylation is 1. The standard InChI is InChI=1S/C13H21N3O3/c1-15-9-10(12(17)16(2)13(15)18)7-14-8-11-5-3-4-6-19-11/h9,11,14H,3-8H2,1-2H3. The van der Waals surface area contributed by atoms with Gasteiger partial charge >= 0.3 is 5.69 Å². The molecule has 1 aromatic heterocycles. The topological polar surface area (TPSA) is 65.3 Å². The van der Waals surface area contributed by atoms with Crippen molar-refractivity contribution in [1.82, 2.24) is 14.5 Å². The van der Waals surface area contributed by atoms with E-state index in [1.807, 2.05) is 0 Å². The molecule has 0 amide bonds. The maximum atomic E-state index is 11.9. The quantitative estimate of drug-likeness (QED) is 0.816. The molecule has 6 heteroatoms. The Bertz CT molecular complexity index is 541. The molecular weight excluding hydrogens is 246 g/mol. The fourth-order valence-electron chi connectivity index (χ4n) is 2.34. The van der Waals surface area contributed by atoms with Crippen LogP contribution in [0, 0.1) is 0 Å². The summed E-state index contributed by atoms with van der Waals surface area (Å²) in [6.07, 6.45) is 5.24. The molecule has 0 spiro atoms. The monoisotopic (exact) mass is 267 g/mol. The molecule has 1 aliphatic rings. The third-order valence-electron chi connectivity index (χ3n) is 3.48. The highest BCUT2D eigenvalue weighted by Gasteiger charge is 2.13. The van der Waals surface area contributed by atoms with Gasteiger partial charge in [0.05, 0.1) is 6.10 Å². The number of hydrogen-bond acceptors (Lipinski definition) is 4. The van der Waals surface area contributed by atoms with Crippen LogP contribution in [0.3, 0.4) is 0 Å². The van der Waals surface area contributed by atoms with E-state index in [1.165, 1.54) is 18.0 Å². The zero-order valence-corrected chi connectivity index (χ0v) is 11.5. The predicted octanol–water partition coefficient (Wildman–Crippen LogP) is -0.257. The van der Waals surface area contributed by atoms with E-state index in [2.05, 4.69) is 5.32 Å². The van der Waals surface area contributed by atoms with Gasteiger partial charge in [-0.25, -0.2) is 4.79 Å². The van der Waals surface area contributed by atoms with E-state index >= 15 is 0 Å². The van der Waals surface area contributed by atoms with E-state index in [0.717, 1.165) is 30.6 Å². The van der Waals surface area contributed by atoms with Gasteiger partial charge < -0.3 is 14.6 Å². The van der Waals surface area contributed by atoms with E-state index in [1.54, 1.807) is 13.2 Å². The first-order valence-corrected chi connectivity index (χ1v) is 6.67. The van der Waals surface area contributed by atoms with Gasteiger partial charge in [-0.05, 0) is 19.3 Å². The molecule has 106 valence electrons. The van der Waals surface area contributed by atoms with Crippen molar-refractivity contribution in [3.05, 3.63) is 32.6 Å². The summed E-state index contributed by atoms with van der Waals surface area (Å²) in [6.45, 7) is 2.03. The maximum Gasteiger partial charge on any atom is 0.330 e. The van der Waals surface area contributed by atoms with Crippen LogP contribution in [-0.4, -0.2) is 28.4 Å². The van der Waals surface area contributed by atoms with Gasteiger partial charge in [0.2, 0.25) is 0 Å². The van der Waals surface area contributed by atoms with Gasteiger partial charge in [-0.15, -0.1) is 0 Å². The first kappa shape index (κ1) is 14.0. The summed E-state index contributed by atoms with van der Waals surface area (Å²) in [5.74, 6) is 0. The molecule has 0 aliphatic carbocycles. The Labute approximate surface area is 112 Å². The lowest BCUT2D eigenvalue weighted by Gasteiger charge is -2.22. The van der Waals surface area contributed by atoms with E-state index in [-0.39, 0.29) is 17.4 Å². The van der Waals surface area contributed by atoms with E-state index in [4.69, 9.17) is 4.74 Å². The maximum absolute atomic E-state index is 11.9. The molecular formula is C13H21N3O3. The van der Waals surface area contributed by atoms with Crippen LogP contribution in [0.15, 0.2) is 15.8 Å². The number of rotatable bonds is 4. The minimum absolute atomic E-state index is 0.236. The second kappa shape index (κ2) is 6.16. The van der Waals surface area contributed by atoms with Crippen molar-refractivity contribution < 1.29 is 4.74 Å². The molecule has 0 bridgehead atoms. The molecule has 1 atom stereocenters. The van der Waals surface area contributed by atoms with Crippen LogP contribution in [0.1, 0.15) is 24.8 Å². The predicted molar refractivity (Wildman–Crippen MR) is 72.2 cm³/mol. The summed E-state index contributed by atoms with van der Waals surface area (Å²) in [5, 5.41) is 3.23. The van der Waals surface area contributed by atoms with E-state index in [0.29, 0.717) is 12.1 Å². The lowest BCUT2D eigenvalue weighted by molar-refractivity contribution is 0.0167. The van der Waals surface area contributed by atoms with Crippen molar-refractivity contribution in [2.45, 2.75) is 31.9 Å². The SMILES string of the molecule is Cn1cc(CNCC2CCCCO2)c(=O)n(C)c1=O. The summed E-state index contributed by atoms with van der Waals surface area (Å²) >= 11 is 0. The Kier molecular flexibility index (Phi) is 4.55. The Morgan fingerprint density at radius 3 is 2.84 bits per heavy atom. The summed E-state index contributed by atoms with van der Waals surface area (Å²) < 4.78 is 8.17. The highest BCUT2D eigenvalue weighted by molar-refractivity contribution is 5.05. The van der Waals surface area contributed by atoms with Crippen LogP contribution < -0.4 is 16.6 Å². The van der Waals surface area contributed by atoms with Crippen LogP contribution in [0.25, 0.3) is 0 Å². The Morgan fingerprint density at radius 2 is 2.16 bits per heavy atom. The van der Waals surface area contributed by atoms with Gasteiger partial charge in [-0.2, -0.15) is 0 Å². The lowest BCUT2D eigenvalue weighted by atomic mass is 10.1. The molecule has 2 rings (SSSR count). The average Bonchev–Trinajstić information content (AvgIpc) is 2.43. The lowest BCUT2D eigenvalue weighted by Crippen LogP contribution is -2.40. The molecule has 1 saturated heterocycles. The number of nitrogens with one attached hydrogen (secondary N) is 1. The first-order chi connectivity index (χ1) is 9.09. The van der Waals surface area contributed by atoms with Gasteiger partial charge in [0.25, 0.3) is 5.56 Å². The van der Waals surface area contributed by atoms with Gasteiger partial charge in [0.1, 0.15) is 0 Å². The van der Waals surface area contributed by atoms with Crippen LogP contribution in [0.5, 0.6) is 0 Å². The molecule has 0 saturated carbocycles. The molecule has 2 heterocycles. The second-order valence-corrected chi connectivity index (χ2v) is 5.03. The Balaban J connectivity index is 1.96. The van der Waals surface area contributed by atoms with Crippen molar-refractivity contribution >= 4 is 0 Å². The van der Waals surface area contributed by atoms with Crippen molar-refractivity contribution in [2.24, 2.45) is 14.1 Å². The molecule has 1 aromatic rings. The molecule has 1 aliphatic heterocycles. The number of hydrogen-bond donors (Lipinski definition) is 1. The third kappa shape index (κ3) is 3.33. The smallest absolute Gasteiger partial charge is 0.330 e. The number of nitrogens with zero attached hydrogens (tertiary/aromatic N) is 2. The highest BCUT2D eigenvalue weighted by atomic mass is 16.5. The Morgan fingerprint density at radius 1 is 1.37 bits per heavy atom. The van der Waals surface area contributed by atoms with Crippen LogP contribution in [-0.2, 0) is 25.4 Å². The average molecular weight is 267 g/mol. The van der Waals surface area contributed by atoms with Gasteiger partial charge in [0.15, 0.2) is 0 Å². The molecule has 1 fully saturated rings. The van der Waals surface area contributed by atoms with E-state index in [9.17, 15) is 9.59 Å². The first-order valence-electron chi connectivity index (χ1n) is 6.67. The molecule has 6 nitrogen and oxygen atoms in total. The normalized spacial score (nSPS) is 19.6. The number of ether oxygens (including phenoxy) is 1. The van der Waals surface area contributed by atoms with Crippen LogP contribution in [0.4, 0.5) is 0 Å². The van der Waals surface area contributed by atoms with Crippen LogP contribution >= 0.6 is 0 Å². The molecule has 0 aromatic carbocycles. The van der Waals surface area contributed by atoms with Crippen molar-refractivity contribution in [3.63, 3.8) is 0 Å². The molecule has 1 N–H and O–H groups in total. The van der Waals surface area contributed by atoms with Crippen molar-refractivity contribution in [3.8, 4) is 0 Å². The molecule has 19 heavy (non-hydrogen) atoms. The molecule has 0 radical (unpaired) electrons. The van der Waals surface area contributed by atoms with Crippen LogP contribution in [0.2, 0.25) is 0 Å². The highest BCUT2D eigenvalue weighted by Crippen LogP contribution is 2.11. The fourth-order valence-corrected chi connectivity index (χ4v) is 2.34. The summed E-state index contributed by atoms with van der Waals surface area (Å²) in [5.41, 5.74) is 0.0601. The minimum atomic E-state index is -0.302. The van der Waals surface area contributed by atoms with E-state index < -0.39 is 0 Å². The fraction of sp³-hybridized carbons (Fsp3) is 0.692. The van der Waals surface area contributed by atoms with Gasteiger partial charge in [0, 0.05) is 45.6 Å². The van der Waals surface area contributed by atoms with Gasteiger partial charge in [-0.1, -0.05) is 0 Å². The van der Waals surface area contributed by atoms with Crippen molar-refractivity contribution in [2.75, 3.05) is 13.2 Å².